The van der Waals surface area contributed by atoms with Crippen LogP contribution < -0.4 is 4.74 Å². The molecule has 5 rings (SSSR count). The van der Waals surface area contributed by atoms with Gasteiger partial charge in [0.05, 0.1) is 12.4 Å². The first-order valence-corrected chi connectivity index (χ1v) is 10.8. The fourth-order valence-electron chi connectivity index (χ4n) is 3.83. The van der Waals surface area contributed by atoms with Crippen molar-refractivity contribution in [3.8, 4) is 5.75 Å². The average molecular weight is 471 g/mol. The monoisotopic (exact) mass is 471 g/mol. The van der Waals surface area contributed by atoms with Gasteiger partial charge in [0.2, 0.25) is 0 Å². The second kappa shape index (κ2) is 10.9. The van der Waals surface area contributed by atoms with Crippen molar-refractivity contribution in [1.82, 2.24) is 9.55 Å². The Balaban J connectivity index is 0.000000672. The lowest BCUT2D eigenvalue weighted by Crippen LogP contribution is -2.10. The Labute approximate surface area is 200 Å². The van der Waals surface area contributed by atoms with Crippen LogP contribution in [0.25, 0.3) is 10.8 Å². The van der Waals surface area contributed by atoms with E-state index >= 15 is 0 Å². The fourth-order valence-corrected chi connectivity index (χ4v) is 3.83. The Morgan fingerprint density at radius 1 is 0.943 bits per heavy atom. The van der Waals surface area contributed by atoms with Crippen LogP contribution in [0.2, 0.25) is 0 Å². The molecule has 0 fully saturated rings. The summed E-state index contributed by atoms with van der Waals surface area (Å²) in [5, 5.41) is 16.1. The molecular formula is C27H22FN3O4. The van der Waals surface area contributed by atoms with Gasteiger partial charge in [-0.25, -0.2) is 9.37 Å². The topological polar surface area (TPSA) is 90.4 Å². The van der Waals surface area contributed by atoms with Crippen LogP contribution >= 0.6 is 0 Å². The average Bonchev–Trinajstić information content (AvgIpc) is 3.39. The number of nitrogens with zero attached hydrogens (tertiary/aromatic N) is 3. The van der Waals surface area contributed by atoms with Gasteiger partial charge in [0.25, 0.3) is 5.09 Å². The number of halogens is 1. The van der Waals surface area contributed by atoms with Crippen molar-refractivity contribution >= 4 is 10.8 Å². The van der Waals surface area contributed by atoms with Crippen molar-refractivity contribution in [2.75, 3.05) is 0 Å². The van der Waals surface area contributed by atoms with Crippen LogP contribution in [0.5, 0.6) is 5.75 Å². The fraction of sp³-hybridized carbons (Fsp3) is 0.0741. The molecule has 0 amide bonds. The molecule has 7 nitrogen and oxygen atoms in total. The smallest absolute Gasteiger partial charge is 0.291 e. The SMILES string of the molecule is Fc1ccc(COc2ccc(C(c3ccc4ccccc4c3)n3ccnc3)cc2)cc1.O=[N+]([O-])O. The predicted molar refractivity (Wildman–Crippen MR) is 129 cm³/mol. The summed E-state index contributed by atoms with van der Waals surface area (Å²) in [4.78, 5) is 12.6. The molecule has 0 spiro atoms. The zero-order valence-corrected chi connectivity index (χ0v) is 18.6. The zero-order chi connectivity index (χ0) is 24.6. The molecule has 0 aliphatic rings. The highest BCUT2D eigenvalue weighted by molar-refractivity contribution is 5.83. The number of benzene rings is 4. The predicted octanol–water partition coefficient (Wildman–Crippen LogP) is 6.04. The Morgan fingerprint density at radius 3 is 2.26 bits per heavy atom. The third-order valence-electron chi connectivity index (χ3n) is 5.43. The normalized spacial score (nSPS) is 11.3. The van der Waals surface area contributed by atoms with Gasteiger partial charge in [0.1, 0.15) is 18.2 Å². The van der Waals surface area contributed by atoms with Crippen molar-refractivity contribution in [2.45, 2.75) is 12.6 Å². The lowest BCUT2D eigenvalue weighted by Gasteiger charge is -2.20. The molecular weight excluding hydrogens is 449 g/mol. The van der Waals surface area contributed by atoms with Crippen molar-refractivity contribution in [1.29, 1.82) is 0 Å². The Hall–Kier alpha value is -4.72. The number of imidazole rings is 1. The van der Waals surface area contributed by atoms with Gasteiger partial charge in [-0.15, -0.1) is 10.1 Å². The highest BCUT2D eigenvalue weighted by Crippen LogP contribution is 2.30. The standard InChI is InChI=1S/C27H21FN2O.HNO3/c28-25-11-5-20(6-12-25)18-31-26-13-9-22(10-14-26)27(30-16-15-29-19-30)24-8-7-21-3-1-2-4-23(21)17-24;2-1(3)4/h1-17,19,27H,18H2;(H,2,3,4). The van der Waals surface area contributed by atoms with E-state index in [4.69, 9.17) is 20.1 Å². The molecule has 0 bridgehead atoms. The maximum absolute atomic E-state index is 13.1. The summed E-state index contributed by atoms with van der Waals surface area (Å²) in [6, 6.07) is 29.4. The lowest BCUT2D eigenvalue weighted by molar-refractivity contribution is -0.742. The maximum atomic E-state index is 13.1. The van der Waals surface area contributed by atoms with Gasteiger partial charge in [0.15, 0.2) is 0 Å². The summed E-state index contributed by atoms with van der Waals surface area (Å²) in [6.45, 7) is 0.398. The zero-order valence-electron chi connectivity index (χ0n) is 18.6. The van der Waals surface area contributed by atoms with Gasteiger partial charge >= 0.3 is 0 Å². The van der Waals surface area contributed by atoms with E-state index in [-0.39, 0.29) is 11.9 Å². The summed E-state index contributed by atoms with van der Waals surface area (Å²) < 4.78 is 21.1. The number of hydrogen-bond acceptors (Lipinski definition) is 4. The van der Waals surface area contributed by atoms with Crippen LogP contribution in [0, 0.1) is 15.9 Å². The van der Waals surface area contributed by atoms with Gasteiger partial charge in [0, 0.05) is 12.4 Å². The number of hydrogen-bond donors (Lipinski definition) is 1. The van der Waals surface area contributed by atoms with E-state index < -0.39 is 5.09 Å². The van der Waals surface area contributed by atoms with Crippen LogP contribution in [0.3, 0.4) is 0 Å². The van der Waals surface area contributed by atoms with Gasteiger partial charge in [-0.3, -0.25) is 0 Å². The Morgan fingerprint density at radius 2 is 1.60 bits per heavy atom. The first-order valence-electron chi connectivity index (χ1n) is 10.8. The minimum atomic E-state index is -1.50. The van der Waals surface area contributed by atoms with Crippen LogP contribution in [0.4, 0.5) is 4.39 Å². The second-order valence-corrected chi connectivity index (χ2v) is 7.74. The van der Waals surface area contributed by atoms with Crippen molar-refractivity contribution in [3.63, 3.8) is 0 Å². The summed E-state index contributed by atoms with van der Waals surface area (Å²) in [5.41, 5.74) is 3.26. The molecule has 8 heteroatoms. The van der Waals surface area contributed by atoms with Gasteiger partial charge in [-0.1, -0.05) is 60.7 Å². The van der Waals surface area contributed by atoms with E-state index in [0.29, 0.717) is 6.61 Å². The summed E-state index contributed by atoms with van der Waals surface area (Å²) in [6.07, 6.45) is 5.63. The molecule has 35 heavy (non-hydrogen) atoms. The molecule has 1 aromatic heterocycles. The van der Waals surface area contributed by atoms with E-state index in [1.807, 2.05) is 24.7 Å². The highest BCUT2D eigenvalue weighted by Gasteiger charge is 2.16. The molecule has 176 valence electrons. The largest absolute Gasteiger partial charge is 0.489 e. The number of aromatic nitrogens is 2. The maximum Gasteiger partial charge on any atom is 0.291 e. The third-order valence-corrected chi connectivity index (χ3v) is 5.43. The first kappa shape index (κ1) is 23.4. The lowest BCUT2D eigenvalue weighted by atomic mass is 9.96. The van der Waals surface area contributed by atoms with Crippen LogP contribution in [-0.4, -0.2) is 19.8 Å². The number of rotatable bonds is 6. The van der Waals surface area contributed by atoms with E-state index in [1.54, 1.807) is 18.3 Å². The molecule has 1 N–H and O–H groups in total. The first-order chi connectivity index (χ1) is 17.0. The van der Waals surface area contributed by atoms with Crippen molar-refractivity contribution in [3.05, 3.63) is 142 Å². The highest BCUT2D eigenvalue weighted by atomic mass is 19.1. The quantitative estimate of drug-likeness (QED) is 0.241. The van der Waals surface area contributed by atoms with Crippen LogP contribution in [0.15, 0.2) is 110 Å². The molecule has 0 saturated heterocycles. The second-order valence-electron chi connectivity index (χ2n) is 7.74. The van der Waals surface area contributed by atoms with Crippen LogP contribution in [0.1, 0.15) is 22.7 Å². The minimum absolute atomic E-state index is 0.0123. The molecule has 5 aromatic rings. The molecule has 0 saturated carbocycles. The number of fused-ring (bicyclic) bond motifs is 1. The molecule has 4 aromatic carbocycles. The van der Waals surface area contributed by atoms with Crippen molar-refractivity contribution in [2.24, 2.45) is 0 Å². The molecule has 0 aliphatic heterocycles. The molecule has 1 heterocycles. The van der Waals surface area contributed by atoms with E-state index in [2.05, 4.69) is 64.1 Å². The van der Waals surface area contributed by atoms with Gasteiger partial charge in [-0.05, 0) is 57.8 Å². The molecule has 1 atom stereocenters. The van der Waals surface area contributed by atoms with E-state index in [9.17, 15) is 4.39 Å². The summed E-state index contributed by atoms with van der Waals surface area (Å²) in [7, 11) is 0. The van der Waals surface area contributed by atoms with Crippen LogP contribution in [-0.2, 0) is 6.61 Å². The third kappa shape index (κ3) is 6.20. The molecule has 0 aliphatic carbocycles. The molecule has 1 unspecified atom stereocenters. The summed E-state index contributed by atoms with van der Waals surface area (Å²) in [5.74, 6) is 0.531. The van der Waals surface area contributed by atoms with E-state index in [0.717, 1.165) is 16.9 Å². The van der Waals surface area contributed by atoms with E-state index in [1.165, 1.54) is 28.5 Å². The Bertz CT molecular complexity index is 1380. The Kier molecular flexibility index (Phi) is 7.32. The van der Waals surface area contributed by atoms with Gasteiger partial charge < -0.3 is 14.5 Å². The minimum Gasteiger partial charge on any atom is -0.489 e. The molecule has 0 radical (unpaired) electrons. The van der Waals surface area contributed by atoms with Crippen molar-refractivity contribution < 1.29 is 19.4 Å². The van der Waals surface area contributed by atoms with Gasteiger partial charge in [-0.2, -0.15) is 0 Å². The summed E-state index contributed by atoms with van der Waals surface area (Å²) >= 11 is 0. The number of ether oxygens (including phenoxy) is 1.